The number of nitrogens with one attached hydrogen (secondary N) is 1. The van der Waals surface area contributed by atoms with E-state index in [-0.39, 0.29) is 6.61 Å². The second-order valence-electron chi connectivity index (χ2n) is 5.93. The average Bonchev–Trinajstić information content (AvgIpc) is 3.02. The number of fused-ring (bicyclic) bond motifs is 1. The number of rotatable bonds is 9. The standard InChI is InChI=1S/C18H22BrN5O/c19-16-13-22-24-15(7-6-14-5-4-8-20-12-14)11-17(23-18(16)24)21-9-2-1-3-10-25/h4-5,8,11-13,25H,1-3,6-7,9-10H2,(H,21,23). The zero-order chi connectivity index (χ0) is 17.5. The highest BCUT2D eigenvalue weighted by Crippen LogP contribution is 2.21. The summed E-state index contributed by atoms with van der Waals surface area (Å²) in [6.07, 6.45) is 10.1. The van der Waals surface area contributed by atoms with Crippen molar-refractivity contribution in [2.45, 2.75) is 32.1 Å². The number of hydrogen-bond donors (Lipinski definition) is 2. The summed E-state index contributed by atoms with van der Waals surface area (Å²) in [5.74, 6) is 0.860. The fraction of sp³-hybridized carbons (Fsp3) is 0.389. The molecule has 0 fully saturated rings. The molecule has 6 nitrogen and oxygen atoms in total. The van der Waals surface area contributed by atoms with Gasteiger partial charge in [0.25, 0.3) is 0 Å². The Balaban J connectivity index is 1.73. The van der Waals surface area contributed by atoms with Gasteiger partial charge >= 0.3 is 0 Å². The quantitative estimate of drug-likeness (QED) is 0.536. The number of nitrogens with zero attached hydrogens (tertiary/aromatic N) is 4. The number of aliphatic hydroxyl groups is 1. The van der Waals surface area contributed by atoms with E-state index in [1.165, 1.54) is 5.56 Å². The lowest BCUT2D eigenvalue weighted by molar-refractivity contribution is 0.283. The Morgan fingerprint density at radius 1 is 1.16 bits per heavy atom. The van der Waals surface area contributed by atoms with E-state index in [0.29, 0.717) is 0 Å². The third kappa shape index (κ3) is 4.76. The molecule has 3 heterocycles. The number of hydrogen-bond acceptors (Lipinski definition) is 5. The number of pyridine rings is 1. The molecule has 0 aromatic carbocycles. The molecule has 7 heteroatoms. The molecule has 0 amide bonds. The van der Waals surface area contributed by atoms with Gasteiger partial charge in [-0.2, -0.15) is 5.10 Å². The van der Waals surface area contributed by atoms with Gasteiger partial charge in [-0.25, -0.2) is 9.50 Å². The van der Waals surface area contributed by atoms with Crippen molar-refractivity contribution in [2.24, 2.45) is 0 Å². The smallest absolute Gasteiger partial charge is 0.171 e. The molecule has 0 aliphatic carbocycles. The Bertz CT molecular complexity index is 806. The minimum Gasteiger partial charge on any atom is -0.396 e. The van der Waals surface area contributed by atoms with Gasteiger partial charge in [-0.3, -0.25) is 4.98 Å². The third-order valence-electron chi connectivity index (χ3n) is 4.04. The Kier molecular flexibility index (Phi) is 6.36. The van der Waals surface area contributed by atoms with E-state index in [1.54, 1.807) is 12.4 Å². The summed E-state index contributed by atoms with van der Waals surface area (Å²) < 4.78 is 2.77. The van der Waals surface area contributed by atoms with E-state index in [2.05, 4.69) is 48.4 Å². The molecule has 0 saturated carbocycles. The molecule has 0 saturated heterocycles. The van der Waals surface area contributed by atoms with Crippen molar-refractivity contribution in [1.82, 2.24) is 19.6 Å². The number of unbranched alkanes of at least 4 members (excludes halogenated alkanes) is 2. The predicted molar refractivity (Wildman–Crippen MR) is 102 cm³/mol. The van der Waals surface area contributed by atoms with Gasteiger partial charge in [-0.1, -0.05) is 6.07 Å². The fourth-order valence-electron chi connectivity index (χ4n) is 2.72. The molecule has 0 bridgehead atoms. The lowest BCUT2D eigenvalue weighted by atomic mass is 10.1. The number of aromatic nitrogens is 4. The summed E-state index contributed by atoms with van der Waals surface area (Å²) >= 11 is 3.52. The first-order valence-corrected chi connectivity index (χ1v) is 9.34. The number of anilines is 1. The second-order valence-corrected chi connectivity index (χ2v) is 6.79. The van der Waals surface area contributed by atoms with Gasteiger partial charge in [-0.05, 0) is 59.7 Å². The van der Waals surface area contributed by atoms with Gasteiger partial charge in [0.05, 0.1) is 10.7 Å². The van der Waals surface area contributed by atoms with Crippen LogP contribution in [0.1, 0.15) is 30.5 Å². The van der Waals surface area contributed by atoms with Crippen molar-refractivity contribution in [3.63, 3.8) is 0 Å². The minimum atomic E-state index is 0.255. The first-order chi connectivity index (χ1) is 12.3. The van der Waals surface area contributed by atoms with Crippen molar-refractivity contribution in [2.75, 3.05) is 18.5 Å². The Hall–Kier alpha value is -1.99. The van der Waals surface area contributed by atoms with Gasteiger partial charge in [-0.15, -0.1) is 0 Å². The van der Waals surface area contributed by atoms with Crippen LogP contribution in [0.3, 0.4) is 0 Å². The maximum Gasteiger partial charge on any atom is 0.171 e. The van der Waals surface area contributed by atoms with Crippen molar-refractivity contribution in [3.8, 4) is 0 Å². The highest BCUT2D eigenvalue weighted by Gasteiger charge is 2.10. The molecule has 0 atom stereocenters. The highest BCUT2D eigenvalue weighted by atomic mass is 79.9. The monoisotopic (exact) mass is 403 g/mol. The lowest BCUT2D eigenvalue weighted by Crippen LogP contribution is -2.08. The number of halogens is 1. The molecule has 3 aromatic heterocycles. The lowest BCUT2D eigenvalue weighted by Gasteiger charge is -2.10. The van der Waals surface area contributed by atoms with E-state index >= 15 is 0 Å². The Labute approximate surface area is 155 Å². The SMILES string of the molecule is OCCCCCNc1cc(CCc2cccnc2)n2ncc(Br)c2n1. The molecule has 2 N–H and O–H groups in total. The molecule has 132 valence electrons. The molecular weight excluding hydrogens is 382 g/mol. The maximum absolute atomic E-state index is 8.85. The highest BCUT2D eigenvalue weighted by molar-refractivity contribution is 9.10. The molecule has 0 spiro atoms. The molecule has 0 aliphatic rings. The van der Waals surface area contributed by atoms with Crippen LogP contribution < -0.4 is 5.32 Å². The van der Waals surface area contributed by atoms with Crippen LogP contribution in [0.25, 0.3) is 5.65 Å². The van der Waals surface area contributed by atoms with Crippen LogP contribution >= 0.6 is 15.9 Å². The molecule has 0 unspecified atom stereocenters. The molecule has 25 heavy (non-hydrogen) atoms. The molecule has 0 aliphatic heterocycles. The van der Waals surface area contributed by atoms with Crippen LogP contribution in [0.2, 0.25) is 0 Å². The largest absolute Gasteiger partial charge is 0.396 e. The number of aryl methyl sites for hydroxylation is 2. The maximum atomic E-state index is 8.85. The van der Waals surface area contributed by atoms with E-state index in [1.807, 2.05) is 16.8 Å². The summed E-state index contributed by atoms with van der Waals surface area (Å²) in [7, 11) is 0. The van der Waals surface area contributed by atoms with Crippen molar-refractivity contribution >= 4 is 27.4 Å². The second kappa shape index (κ2) is 8.92. The van der Waals surface area contributed by atoms with E-state index in [0.717, 1.165) is 60.3 Å². The van der Waals surface area contributed by atoms with E-state index in [4.69, 9.17) is 5.11 Å². The van der Waals surface area contributed by atoms with Gasteiger partial charge in [0.2, 0.25) is 0 Å². The molecule has 3 aromatic rings. The first-order valence-electron chi connectivity index (χ1n) is 8.54. The van der Waals surface area contributed by atoms with Crippen molar-refractivity contribution in [3.05, 3.63) is 52.5 Å². The number of aliphatic hydroxyl groups excluding tert-OH is 1. The summed E-state index contributed by atoms with van der Waals surface area (Å²) in [6, 6.07) is 6.11. The van der Waals surface area contributed by atoms with Crippen LogP contribution in [-0.2, 0) is 12.8 Å². The summed E-state index contributed by atoms with van der Waals surface area (Å²) in [6.45, 7) is 1.10. The summed E-state index contributed by atoms with van der Waals surface area (Å²) in [4.78, 5) is 8.82. The van der Waals surface area contributed by atoms with Crippen LogP contribution in [-0.4, -0.2) is 37.8 Å². The zero-order valence-electron chi connectivity index (χ0n) is 14.0. The summed E-state index contributed by atoms with van der Waals surface area (Å²) in [5, 5.41) is 16.7. The topological polar surface area (TPSA) is 75.3 Å². The third-order valence-corrected chi connectivity index (χ3v) is 4.60. The van der Waals surface area contributed by atoms with Crippen LogP contribution in [0.4, 0.5) is 5.82 Å². The van der Waals surface area contributed by atoms with Gasteiger partial charge in [0.1, 0.15) is 5.82 Å². The predicted octanol–water partition coefficient (Wildman–Crippen LogP) is 3.25. The van der Waals surface area contributed by atoms with Gasteiger partial charge in [0, 0.05) is 37.3 Å². The van der Waals surface area contributed by atoms with E-state index in [9.17, 15) is 0 Å². The zero-order valence-corrected chi connectivity index (χ0v) is 15.6. The normalized spacial score (nSPS) is 11.1. The van der Waals surface area contributed by atoms with Crippen molar-refractivity contribution in [1.29, 1.82) is 0 Å². The van der Waals surface area contributed by atoms with E-state index < -0.39 is 0 Å². The Morgan fingerprint density at radius 2 is 2.08 bits per heavy atom. The van der Waals surface area contributed by atoms with Crippen LogP contribution in [0, 0.1) is 0 Å². The van der Waals surface area contributed by atoms with Crippen molar-refractivity contribution < 1.29 is 5.11 Å². The molecule has 3 rings (SSSR count). The molecule has 0 radical (unpaired) electrons. The van der Waals surface area contributed by atoms with Gasteiger partial charge in [0.15, 0.2) is 5.65 Å². The minimum absolute atomic E-state index is 0.255. The van der Waals surface area contributed by atoms with Crippen LogP contribution in [0.15, 0.2) is 41.3 Å². The first kappa shape index (κ1) is 17.8. The van der Waals surface area contributed by atoms with Crippen LogP contribution in [0.5, 0.6) is 0 Å². The molecular formula is C18H22BrN5O. The summed E-state index contributed by atoms with van der Waals surface area (Å²) in [5.41, 5.74) is 3.14. The Morgan fingerprint density at radius 3 is 2.88 bits per heavy atom. The fourth-order valence-corrected chi connectivity index (χ4v) is 3.06. The average molecular weight is 404 g/mol. The van der Waals surface area contributed by atoms with Gasteiger partial charge < -0.3 is 10.4 Å².